The normalized spacial score (nSPS) is 13.1. The Balaban J connectivity index is 1.22. The minimum Gasteiger partial charge on any atom is -0.309 e. The Labute approximate surface area is 334 Å². The lowest BCUT2D eigenvalue weighted by atomic mass is 10.1. The Morgan fingerprint density at radius 3 is 1.46 bits per heavy atom. The van der Waals surface area contributed by atoms with E-state index in [9.17, 15) is 0 Å². The summed E-state index contributed by atoms with van der Waals surface area (Å²) in [7, 11) is 0. The molecular weight excluding hydrogens is 697 g/mol. The van der Waals surface area contributed by atoms with E-state index in [0.717, 1.165) is 76.8 Å². The predicted octanol–water partition coefficient (Wildman–Crippen LogP) is 12.5. The second-order valence-electron chi connectivity index (χ2n) is 14.1. The van der Waals surface area contributed by atoms with Crippen molar-refractivity contribution >= 4 is 65.4 Å². The zero-order valence-electron chi connectivity index (χ0n) is 35.3. The lowest BCUT2D eigenvalue weighted by molar-refractivity contribution is 0.953. The van der Waals surface area contributed by atoms with Crippen LogP contribution in [0.15, 0.2) is 194 Å². The molecule has 0 aliphatic heterocycles. The smallest absolute Gasteiger partial charge is 0.238 e. The van der Waals surface area contributed by atoms with Crippen molar-refractivity contribution in [3.8, 4) is 40.1 Å². The molecule has 0 aliphatic rings. The highest BCUT2D eigenvalue weighted by molar-refractivity contribution is 6.23. The van der Waals surface area contributed by atoms with E-state index in [1.807, 2.05) is 83.4 Å². The monoisotopic (exact) mass is 733 g/mol. The number of rotatable bonds is 5. The fourth-order valence-corrected chi connectivity index (χ4v) is 8.59. The molecule has 0 amide bonds. The lowest BCUT2D eigenvalue weighted by Crippen LogP contribution is -2.07. The summed E-state index contributed by atoms with van der Waals surface area (Å²) in [6.45, 7) is 0. The second-order valence-corrected chi connectivity index (χ2v) is 14.1. The zero-order valence-corrected chi connectivity index (χ0v) is 30.3. The molecule has 8 aromatic carbocycles. The van der Waals surface area contributed by atoms with Gasteiger partial charge in [0.25, 0.3) is 0 Å². The van der Waals surface area contributed by atoms with Crippen LogP contribution < -0.4 is 0 Å². The van der Waals surface area contributed by atoms with Crippen LogP contribution in [0.2, 0.25) is 0 Å². The molecule has 0 unspecified atom stereocenters. The first-order valence-corrected chi connectivity index (χ1v) is 18.8. The Morgan fingerprint density at radius 1 is 0.351 bits per heavy atom. The summed E-state index contributed by atoms with van der Waals surface area (Å²) in [6, 6.07) is 53.5. The summed E-state index contributed by atoms with van der Waals surface area (Å²) in [5.41, 5.74) is 8.32. The molecule has 0 bridgehead atoms. The van der Waals surface area contributed by atoms with Gasteiger partial charge in [0.2, 0.25) is 5.95 Å². The second kappa shape index (κ2) is 12.3. The third-order valence-corrected chi connectivity index (χ3v) is 11.0. The molecule has 0 radical (unpaired) electrons. The largest absolute Gasteiger partial charge is 0.309 e. The molecule has 6 heteroatoms. The highest BCUT2D eigenvalue weighted by Gasteiger charge is 2.24. The van der Waals surface area contributed by atoms with Crippen LogP contribution in [0.4, 0.5) is 0 Å². The quantitative estimate of drug-likeness (QED) is 0.177. The van der Waals surface area contributed by atoms with Crippen LogP contribution in [-0.4, -0.2) is 28.7 Å². The molecule has 0 spiro atoms. The van der Waals surface area contributed by atoms with Gasteiger partial charge in [-0.1, -0.05) is 133 Å². The summed E-state index contributed by atoms with van der Waals surface area (Å²) in [5.74, 6) is 0.500. The molecule has 12 rings (SSSR count). The molecule has 0 aliphatic carbocycles. The average Bonchev–Trinajstić information content (AvgIpc) is 3.96. The van der Waals surface area contributed by atoms with Gasteiger partial charge < -0.3 is 9.13 Å². The van der Waals surface area contributed by atoms with Gasteiger partial charge in [0.15, 0.2) is 11.6 Å². The standard InChI is InChI=1S/C51H32N6/c1-4-16-33(17-5-1)49-52-50(34-28-31-46-42(32-34)39-24-12-13-25-43(39)55(46)35-18-6-2-7-19-35)54-51(53-49)57-45-27-15-11-23-38(45)41-30-29-40-37-22-10-14-26-44(37)56(47(40)48(41)57)36-20-8-3-9-21-36/h1-32H/i1D,4D,5D,16D,17D. The summed E-state index contributed by atoms with van der Waals surface area (Å²) < 4.78 is 50.2. The van der Waals surface area contributed by atoms with Crippen LogP contribution in [0.3, 0.4) is 0 Å². The van der Waals surface area contributed by atoms with Crippen LogP contribution in [0.25, 0.3) is 106 Å². The number of nitrogens with zero attached hydrogens (tertiary/aromatic N) is 6. The van der Waals surface area contributed by atoms with Crippen LogP contribution >= 0.6 is 0 Å². The van der Waals surface area contributed by atoms with Gasteiger partial charge in [0.1, 0.15) is 0 Å². The Hall–Kier alpha value is -7.83. The van der Waals surface area contributed by atoms with Crippen molar-refractivity contribution < 1.29 is 6.85 Å². The fraction of sp³-hybridized carbons (Fsp3) is 0. The molecule has 12 aromatic rings. The SMILES string of the molecule is [2H]c1c([2H])c([2H])c(-c2nc(-c3ccc4c(c3)c3ccccc3n4-c3ccccc3)nc(-n3c4ccccc4c4ccc5c6ccccc6n(-c6ccccc6)c5c43)n2)c([2H])c1[2H]. The van der Waals surface area contributed by atoms with Crippen LogP contribution in [0.5, 0.6) is 0 Å². The van der Waals surface area contributed by atoms with Crippen molar-refractivity contribution in [3.05, 3.63) is 194 Å². The third-order valence-electron chi connectivity index (χ3n) is 11.0. The summed E-state index contributed by atoms with van der Waals surface area (Å²) in [4.78, 5) is 15.3. The number of fused-ring (bicyclic) bond motifs is 10. The van der Waals surface area contributed by atoms with E-state index in [2.05, 4.69) is 94.1 Å². The zero-order chi connectivity index (χ0) is 41.8. The number of hydrogen-bond acceptors (Lipinski definition) is 3. The van der Waals surface area contributed by atoms with E-state index in [1.54, 1.807) is 0 Å². The van der Waals surface area contributed by atoms with Gasteiger partial charge in [-0.05, 0) is 60.7 Å². The van der Waals surface area contributed by atoms with Gasteiger partial charge in [-0.3, -0.25) is 4.57 Å². The van der Waals surface area contributed by atoms with E-state index >= 15 is 0 Å². The Bertz CT molecular complexity index is 3790. The van der Waals surface area contributed by atoms with E-state index in [1.165, 1.54) is 0 Å². The Morgan fingerprint density at radius 2 is 0.825 bits per heavy atom. The summed E-state index contributed by atoms with van der Waals surface area (Å²) in [5, 5.41) is 6.13. The highest BCUT2D eigenvalue weighted by Crippen LogP contribution is 2.42. The van der Waals surface area contributed by atoms with Crippen LogP contribution in [0, 0.1) is 0 Å². The molecule has 0 atom stereocenters. The van der Waals surface area contributed by atoms with Crippen LogP contribution in [0.1, 0.15) is 6.85 Å². The van der Waals surface area contributed by atoms with Gasteiger partial charge >= 0.3 is 0 Å². The van der Waals surface area contributed by atoms with Crippen molar-refractivity contribution in [2.45, 2.75) is 0 Å². The first-order chi connectivity index (χ1) is 30.4. The number of para-hydroxylation sites is 5. The fourth-order valence-electron chi connectivity index (χ4n) is 8.59. The van der Waals surface area contributed by atoms with Gasteiger partial charge in [0.05, 0.1) is 40.0 Å². The minimum absolute atomic E-state index is 0.0319. The molecule has 4 heterocycles. The molecule has 266 valence electrons. The first-order valence-electron chi connectivity index (χ1n) is 21.3. The average molecular weight is 734 g/mol. The maximum atomic E-state index is 9.05. The molecule has 0 saturated heterocycles. The van der Waals surface area contributed by atoms with Crippen molar-refractivity contribution in [3.63, 3.8) is 0 Å². The van der Waals surface area contributed by atoms with E-state index in [-0.39, 0.29) is 23.2 Å². The third kappa shape index (κ3) is 4.74. The topological polar surface area (TPSA) is 53.5 Å². The number of benzene rings is 8. The molecule has 4 aromatic heterocycles. The maximum Gasteiger partial charge on any atom is 0.238 e. The van der Waals surface area contributed by atoms with Crippen LogP contribution in [-0.2, 0) is 0 Å². The van der Waals surface area contributed by atoms with E-state index in [0.29, 0.717) is 5.56 Å². The molecule has 0 fully saturated rings. The maximum absolute atomic E-state index is 9.05. The predicted molar refractivity (Wildman–Crippen MR) is 234 cm³/mol. The van der Waals surface area contributed by atoms with Crippen molar-refractivity contribution in [2.75, 3.05) is 0 Å². The molecular formula is C51H32N6. The van der Waals surface area contributed by atoms with Crippen molar-refractivity contribution in [1.29, 1.82) is 0 Å². The van der Waals surface area contributed by atoms with Gasteiger partial charge in [-0.2, -0.15) is 9.97 Å². The Kier molecular flexibility index (Phi) is 5.82. The summed E-state index contributed by atoms with van der Waals surface area (Å²) >= 11 is 0. The van der Waals surface area contributed by atoms with Crippen molar-refractivity contribution in [1.82, 2.24) is 28.7 Å². The summed E-state index contributed by atoms with van der Waals surface area (Å²) in [6.07, 6.45) is 0. The minimum atomic E-state index is -0.489. The molecule has 6 nitrogen and oxygen atoms in total. The lowest BCUT2D eigenvalue weighted by Gasteiger charge is -2.13. The van der Waals surface area contributed by atoms with Crippen molar-refractivity contribution in [2.24, 2.45) is 0 Å². The van der Waals surface area contributed by atoms with Gasteiger partial charge in [0, 0.05) is 54.8 Å². The first kappa shape index (κ1) is 26.9. The van der Waals surface area contributed by atoms with Gasteiger partial charge in [-0.15, -0.1) is 0 Å². The molecule has 57 heavy (non-hydrogen) atoms. The van der Waals surface area contributed by atoms with Gasteiger partial charge in [-0.25, -0.2) is 4.98 Å². The molecule has 0 saturated carbocycles. The number of aromatic nitrogens is 6. The van der Waals surface area contributed by atoms with E-state index in [4.69, 9.17) is 21.8 Å². The van der Waals surface area contributed by atoms with E-state index < -0.39 is 30.2 Å². The number of hydrogen-bond donors (Lipinski definition) is 0. The highest BCUT2D eigenvalue weighted by atomic mass is 15.2. The molecule has 0 N–H and O–H groups in total.